The number of amides is 1. The van der Waals surface area contributed by atoms with Crippen molar-refractivity contribution in [2.45, 2.75) is 6.04 Å². The molecule has 0 aliphatic carbocycles. The molecule has 1 atom stereocenters. The highest BCUT2D eigenvalue weighted by Crippen LogP contribution is 2.20. The number of carbonyl (C=O) groups is 1. The predicted octanol–water partition coefficient (Wildman–Crippen LogP) is 2.84. The van der Waals surface area contributed by atoms with Crippen LogP contribution in [0.2, 0.25) is 0 Å². The Morgan fingerprint density at radius 1 is 1.20 bits per heavy atom. The van der Waals surface area contributed by atoms with Crippen LogP contribution in [0.5, 0.6) is 5.75 Å². The van der Waals surface area contributed by atoms with Crippen molar-refractivity contribution in [2.24, 2.45) is 7.05 Å². The second-order valence-corrected chi connectivity index (χ2v) is 5.55. The first kappa shape index (κ1) is 16.7. The Bertz CT molecular complexity index is 831. The van der Waals surface area contributed by atoms with Gasteiger partial charge in [-0.3, -0.25) is 4.79 Å². The lowest BCUT2D eigenvalue weighted by molar-refractivity contribution is -0.123. The number of carbonyl (C=O) groups excluding carboxylic acids is 1. The van der Waals surface area contributed by atoms with Gasteiger partial charge in [0.15, 0.2) is 6.61 Å². The minimum Gasteiger partial charge on any atom is -0.484 e. The van der Waals surface area contributed by atoms with Crippen LogP contribution in [0, 0.1) is 5.82 Å². The van der Waals surface area contributed by atoms with E-state index in [9.17, 15) is 9.18 Å². The SMILES string of the molecule is Cn1ccnc1[C@@H](NC(=O)COc1ccc(F)cc1)c1ccccc1. The Labute approximate surface area is 145 Å². The molecule has 2 aromatic carbocycles. The highest BCUT2D eigenvalue weighted by Gasteiger charge is 2.20. The number of hydrogen-bond donors (Lipinski definition) is 1. The van der Waals surface area contributed by atoms with Crippen molar-refractivity contribution in [3.8, 4) is 5.75 Å². The molecule has 0 spiro atoms. The van der Waals surface area contributed by atoms with E-state index in [-0.39, 0.29) is 24.4 Å². The van der Waals surface area contributed by atoms with Gasteiger partial charge in [-0.1, -0.05) is 30.3 Å². The lowest BCUT2D eigenvalue weighted by Crippen LogP contribution is -2.34. The Kier molecular flexibility index (Phi) is 5.09. The van der Waals surface area contributed by atoms with E-state index in [1.165, 1.54) is 24.3 Å². The van der Waals surface area contributed by atoms with Gasteiger partial charge in [0, 0.05) is 19.4 Å². The molecule has 1 heterocycles. The molecular formula is C19H18FN3O2. The van der Waals surface area contributed by atoms with Gasteiger partial charge in [-0.2, -0.15) is 0 Å². The molecule has 5 nitrogen and oxygen atoms in total. The summed E-state index contributed by atoms with van der Waals surface area (Å²) in [5, 5.41) is 2.94. The molecule has 3 aromatic rings. The minimum atomic E-state index is -0.384. The Morgan fingerprint density at radius 2 is 1.92 bits per heavy atom. The second kappa shape index (κ2) is 7.61. The van der Waals surface area contributed by atoms with E-state index < -0.39 is 0 Å². The number of aryl methyl sites for hydroxylation is 1. The number of nitrogens with zero attached hydrogens (tertiary/aromatic N) is 2. The molecular weight excluding hydrogens is 321 g/mol. The number of ether oxygens (including phenoxy) is 1. The molecule has 0 aliphatic rings. The van der Waals surface area contributed by atoms with Crippen LogP contribution in [0.25, 0.3) is 0 Å². The quantitative estimate of drug-likeness (QED) is 0.751. The van der Waals surface area contributed by atoms with Gasteiger partial charge in [0.05, 0.1) is 0 Å². The zero-order chi connectivity index (χ0) is 17.6. The van der Waals surface area contributed by atoms with Gasteiger partial charge in [0.25, 0.3) is 5.91 Å². The summed E-state index contributed by atoms with van der Waals surface area (Å²) in [5.74, 6) is 0.517. The lowest BCUT2D eigenvalue weighted by atomic mass is 10.1. The van der Waals surface area contributed by atoms with Gasteiger partial charge in [-0.05, 0) is 29.8 Å². The molecule has 1 aromatic heterocycles. The first-order valence-corrected chi connectivity index (χ1v) is 7.83. The maximum absolute atomic E-state index is 12.9. The van der Waals surface area contributed by atoms with Gasteiger partial charge in [-0.15, -0.1) is 0 Å². The van der Waals surface area contributed by atoms with Gasteiger partial charge < -0.3 is 14.6 Å². The van der Waals surface area contributed by atoms with E-state index in [2.05, 4.69) is 10.3 Å². The number of rotatable bonds is 6. The molecule has 6 heteroatoms. The van der Waals surface area contributed by atoms with Crippen molar-refractivity contribution in [3.63, 3.8) is 0 Å². The molecule has 0 aliphatic heterocycles. The standard InChI is InChI=1S/C19H18FN3O2/c1-23-12-11-21-19(23)18(14-5-3-2-4-6-14)22-17(24)13-25-16-9-7-15(20)8-10-16/h2-12,18H,13H2,1H3,(H,22,24)/t18-/m0/s1. The fourth-order valence-electron chi connectivity index (χ4n) is 2.48. The predicted molar refractivity (Wildman–Crippen MR) is 91.5 cm³/mol. The summed E-state index contributed by atoms with van der Waals surface area (Å²) < 4.78 is 20.2. The molecule has 1 N–H and O–H groups in total. The molecule has 0 unspecified atom stereocenters. The number of benzene rings is 2. The van der Waals surface area contributed by atoms with Crippen LogP contribution in [0.4, 0.5) is 4.39 Å². The summed E-state index contributed by atoms with van der Waals surface area (Å²) in [7, 11) is 1.87. The zero-order valence-electron chi connectivity index (χ0n) is 13.7. The molecule has 0 fully saturated rings. The summed E-state index contributed by atoms with van der Waals surface area (Å²) in [6.07, 6.45) is 3.51. The average Bonchev–Trinajstić information content (AvgIpc) is 3.06. The Hall–Kier alpha value is -3.15. The van der Waals surface area contributed by atoms with Crippen molar-refractivity contribution in [1.29, 1.82) is 0 Å². The molecule has 0 saturated carbocycles. The second-order valence-electron chi connectivity index (χ2n) is 5.55. The van der Waals surface area contributed by atoms with Crippen molar-refractivity contribution in [3.05, 3.63) is 84.2 Å². The molecule has 128 valence electrons. The van der Waals surface area contributed by atoms with Crippen molar-refractivity contribution in [1.82, 2.24) is 14.9 Å². The topological polar surface area (TPSA) is 56.2 Å². The fraction of sp³-hybridized carbons (Fsp3) is 0.158. The highest BCUT2D eigenvalue weighted by atomic mass is 19.1. The summed E-state index contributed by atoms with van der Waals surface area (Å²) in [5.41, 5.74) is 0.923. The van der Waals surface area contributed by atoms with Crippen LogP contribution in [0.3, 0.4) is 0 Å². The van der Waals surface area contributed by atoms with Gasteiger partial charge >= 0.3 is 0 Å². The lowest BCUT2D eigenvalue weighted by Gasteiger charge is -2.19. The van der Waals surface area contributed by atoms with Crippen LogP contribution in [-0.4, -0.2) is 22.1 Å². The summed E-state index contributed by atoms with van der Waals surface area (Å²) in [6.45, 7) is -0.167. The number of halogens is 1. The Balaban J connectivity index is 1.71. The first-order chi connectivity index (χ1) is 12.1. The average molecular weight is 339 g/mol. The summed E-state index contributed by atoms with van der Waals surface area (Å²) >= 11 is 0. The third-order valence-corrected chi connectivity index (χ3v) is 3.74. The minimum absolute atomic E-state index is 0.167. The summed E-state index contributed by atoms with van der Waals surface area (Å²) in [6, 6.07) is 14.7. The maximum atomic E-state index is 12.9. The number of imidazole rings is 1. The van der Waals surface area contributed by atoms with Crippen molar-refractivity contribution >= 4 is 5.91 Å². The summed E-state index contributed by atoms with van der Waals surface area (Å²) in [4.78, 5) is 16.7. The van der Waals surface area contributed by atoms with E-state index in [1.54, 1.807) is 6.20 Å². The number of nitrogens with one attached hydrogen (secondary N) is 1. The van der Waals surface area contributed by atoms with E-state index >= 15 is 0 Å². The van der Waals surface area contributed by atoms with Crippen molar-refractivity contribution in [2.75, 3.05) is 6.61 Å². The molecule has 3 rings (SSSR count). The van der Waals surface area contributed by atoms with Crippen LogP contribution in [0.15, 0.2) is 67.0 Å². The van der Waals surface area contributed by atoms with Gasteiger partial charge in [-0.25, -0.2) is 9.37 Å². The number of aromatic nitrogens is 2. The highest BCUT2D eigenvalue weighted by molar-refractivity contribution is 5.78. The molecule has 0 bridgehead atoms. The molecule has 1 amide bonds. The van der Waals surface area contributed by atoms with E-state index in [4.69, 9.17) is 4.74 Å². The Morgan fingerprint density at radius 3 is 2.56 bits per heavy atom. The molecule has 0 radical (unpaired) electrons. The van der Waals surface area contributed by atoms with Crippen LogP contribution in [-0.2, 0) is 11.8 Å². The largest absolute Gasteiger partial charge is 0.484 e. The number of hydrogen-bond acceptors (Lipinski definition) is 3. The van der Waals surface area contributed by atoms with Gasteiger partial charge in [0.2, 0.25) is 0 Å². The van der Waals surface area contributed by atoms with Crippen molar-refractivity contribution < 1.29 is 13.9 Å². The first-order valence-electron chi connectivity index (χ1n) is 7.83. The maximum Gasteiger partial charge on any atom is 0.258 e. The smallest absolute Gasteiger partial charge is 0.258 e. The third kappa shape index (κ3) is 4.23. The van der Waals surface area contributed by atoms with Crippen LogP contribution in [0.1, 0.15) is 17.4 Å². The van der Waals surface area contributed by atoms with E-state index in [0.717, 1.165) is 11.4 Å². The van der Waals surface area contributed by atoms with Crippen LogP contribution < -0.4 is 10.1 Å². The van der Waals surface area contributed by atoms with Gasteiger partial charge in [0.1, 0.15) is 23.4 Å². The third-order valence-electron chi connectivity index (χ3n) is 3.74. The normalized spacial score (nSPS) is 11.8. The van der Waals surface area contributed by atoms with E-state index in [0.29, 0.717) is 5.75 Å². The van der Waals surface area contributed by atoms with E-state index in [1.807, 2.05) is 48.1 Å². The van der Waals surface area contributed by atoms with Crippen LogP contribution >= 0.6 is 0 Å². The molecule has 25 heavy (non-hydrogen) atoms. The molecule has 0 saturated heterocycles. The fourth-order valence-corrected chi connectivity index (χ4v) is 2.48. The zero-order valence-corrected chi connectivity index (χ0v) is 13.7. The monoisotopic (exact) mass is 339 g/mol.